The van der Waals surface area contributed by atoms with Crippen LogP contribution < -0.4 is 11.1 Å². The molecular weight excluding hydrogens is 182 g/mol. The average Bonchev–Trinajstić information content (AvgIpc) is 2.13. The van der Waals surface area contributed by atoms with Crippen molar-refractivity contribution < 1.29 is 9.59 Å². The van der Waals surface area contributed by atoms with Crippen LogP contribution in [0.25, 0.3) is 0 Å². The largest absolute Gasteiger partial charge is 0.347 e. The average molecular weight is 201 g/mol. The van der Waals surface area contributed by atoms with Gasteiger partial charge in [0.1, 0.15) is 0 Å². The molecule has 5 heteroatoms. The monoisotopic (exact) mass is 201 g/mol. The van der Waals surface area contributed by atoms with Gasteiger partial charge < -0.3 is 16.0 Å². The third-order valence-electron chi connectivity index (χ3n) is 1.85. The van der Waals surface area contributed by atoms with Gasteiger partial charge >= 0.3 is 0 Å². The van der Waals surface area contributed by atoms with Gasteiger partial charge in [0.15, 0.2) is 0 Å². The van der Waals surface area contributed by atoms with E-state index in [9.17, 15) is 9.59 Å². The van der Waals surface area contributed by atoms with Crippen LogP contribution in [0.2, 0.25) is 0 Å². The van der Waals surface area contributed by atoms with Crippen molar-refractivity contribution in [3.63, 3.8) is 0 Å². The molecule has 0 unspecified atom stereocenters. The lowest BCUT2D eigenvalue weighted by Crippen LogP contribution is -2.44. The van der Waals surface area contributed by atoms with Crippen molar-refractivity contribution in [1.82, 2.24) is 10.2 Å². The highest BCUT2D eigenvalue weighted by Crippen LogP contribution is 1.92. The van der Waals surface area contributed by atoms with E-state index in [1.807, 2.05) is 6.92 Å². The lowest BCUT2D eigenvalue weighted by Gasteiger charge is -2.13. The standard InChI is InChI=1S/C9H19N3O2/c1-4-5-7(10)9(14)11-6-8(13)12(2)3/h7H,4-6,10H2,1-3H3,(H,11,14)/t7-/m0/s1. The lowest BCUT2D eigenvalue weighted by molar-refractivity contribution is -0.131. The van der Waals surface area contributed by atoms with Crippen LogP contribution in [0.15, 0.2) is 0 Å². The second-order valence-corrected chi connectivity index (χ2v) is 3.40. The first kappa shape index (κ1) is 12.9. The molecule has 82 valence electrons. The number of carbonyl (C=O) groups is 2. The Balaban J connectivity index is 3.79. The highest BCUT2D eigenvalue weighted by molar-refractivity contribution is 5.87. The molecule has 0 aromatic rings. The molecule has 0 aliphatic rings. The Bertz CT molecular complexity index is 204. The molecule has 14 heavy (non-hydrogen) atoms. The van der Waals surface area contributed by atoms with Crippen molar-refractivity contribution >= 4 is 11.8 Å². The van der Waals surface area contributed by atoms with Crippen LogP contribution in [0.5, 0.6) is 0 Å². The summed E-state index contributed by atoms with van der Waals surface area (Å²) in [5.74, 6) is -0.399. The van der Waals surface area contributed by atoms with Gasteiger partial charge in [0.2, 0.25) is 11.8 Å². The van der Waals surface area contributed by atoms with E-state index in [2.05, 4.69) is 5.32 Å². The highest BCUT2D eigenvalue weighted by Gasteiger charge is 2.13. The van der Waals surface area contributed by atoms with Gasteiger partial charge in [0.05, 0.1) is 12.6 Å². The maximum absolute atomic E-state index is 11.3. The van der Waals surface area contributed by atoms with Crippen molar-refractivity contribution in [1.29, 1.82) is 0 Å². The van der Waals surface area contributed by atoms with Crippen molar-refractivity contribution in [2.45, 2.75) is 25.8 Å². The van der Waals surface area contributed by atoms with E-state index in [1.165, 1.54) is 4.90 Å². The summed E-state index contributed by atoms with van der Waals surface area (Å²) in [7, 11) is 3.28. The summed E-state index contributed by atoms with van der Waals surface area (Å²) in [5.41, 5.74) is 5.55. The topological polar surface area (TPSA) is 75.4 Å². The molecule has 0 rings (SSSR count). The van der Waals surface area contributed by atoms with Gasteiger partial charge in [0, 0.05) is 14.1 Å². The van der Waals surface area contributed by atoms with Gasteiger partial charge in [-0.25, -0.2) is 0 Å². The van der Waals surface area contributed by atoms with Gasteiger partial charge in [0.25, 0.3) is 0 Å². The Kier molecular flexibility index (Phi) is 5.87. The molecular formula is C9H19N3O2. The molecule has 0 heterocycles. The molecule has 0 aliphatic carbocycles. The summed E-state index contributed by atoms with van der Waals surface area (Å²) < 4.78 is 0. The maximum Gasteiger partial charge on any atom is 0.241 e. The molecule has 2 amide bonds. The minimum Gasteiger partial charge on any atom is -0.347 e. The molecule has 0 aromatic heterocycles. The predicted octanol–water partition coefficient (Wildman–Crippen LogP) is -0.682. The second kappa shape index (κ2) is 6.37. The Hall–Kier alpha value is -1.10. The van der Waals surface area contributed by atoms with E-state index in [4.69, 9.17) is 5.73 Å². The van der Waals surface area contributed by atoms with E-state index < -0.39 is 6.04 Å². The number of carbonyl (C=O) groups excluding carboxylic acids is 2. The Morgan fingerprint density at radius 3 is 2.43 bits per heavy atom. The molecule has 0 saturated carbocycles. The number of amides is 2. The Labute approximate surface area is 84.6 Å². The Morgan fingerprint density at radius 1 is 1.43 bits per heavy atom. The van der Waals surface area contributed by atoms with E-state index in [1.54, 1.807) is 14.1 Å². The number of hydrogen-bond donors (Lipinski definition) is 2. The van der Waals surface area contributed by atoms with Crippen LogP contribution in [0.1, 0.15) is 19.8 Å². The maximum atomic E-state index is 11.3. The van der Waals surface area contributed by atoms with Gasteiger partial charge in [-0.2, -0.15) is 0 Å². The molecule has 0 bridgehead atoms. The molecule has 3 N–H and O–H groups in total. The summed E-state index contributed by atoms with van der Waals surface area (Å²) in [5, 5.41) is 2.49. The first-order valence-electron chi connectivity index (χ1n) is 4.72. The zero-order chi connectivity index (χ0) is 11.1. The second-order valence-electron chi connectivity index (χ2n) is 3.40. The highest BCUT2D eigenvalue weighted by atomic mass is 16.2. The SMILES string of the molecule is CCC[C@H](N)C(=O)NCC(=O)N(C)C. The fraction of sp³-hybridized carbons (Fsp3) is 0.778. The first-order chi connectivity index (χ1) is 6.49. The van der Waals surface area contributed by atoms with Crippen molar-refractivity contribution in [2.75, 3.05) is 20.6 Å². The molecule has 5 nitrogen and oxygen atoms in total. The molecule has 0 spiro atoms. The van der Waals surface area contributed by atoms with Gasteiger partial charge in [-0.15, -0.1) is 0 Å². The molecule has 0 aromatic carbocycles. The van der Waals surface area contributed by atoms with Crippen molar-refractivity contribution in [3.05, 3.63) is 0 Å². The van der Waals surface area contributed by atoms with E-state index in [-0.39, 0.29) is 18.4 Å². The molecule has 0 radical (unpaired) electrons. The zero-order valence-electron chi connectivity index (χ0n) is 9.04. The predicted molar refractivity (Wildman–Crippen MR) is 54.6 cm³/mol. The van der Waals surface area contributed by atoms with Crippen LogP contribution in [-0.4, -0.2) is 43.4 Å². The van der Waals surface area contributed by atoms with Gasteiger partial charge in [-0.1, -0.05) is 13.3 Å². The number of nitrogens with one attached hydrogen (secondary N) is 1. The van der Waals surface area contributed by atoms with Crippen molar-refractivity contribution in [2.24, 2.45) is 5.73 Å². The number of rotatable bonds is 5. The number of likely N-dealkylation sites (N-methyl/N-ethyl adjacent to an activating group) is 1. The molecule has 1 atom stereocenters. The fourth-order valence-electron chi connectivity index (χ4n) is 0.894. The third kappa shape index (κ3) is 4.81. The Morgan fingerprint density at radius 2 is 2.00 bits per heavy atom. The number of nitrogens with zero attached hydrogens (tertiary/aromatic N) is 1. The van der Waals surface area contributed by atoms with Crippen LogP contribution in [-0.2, 0) is 9.59 Å². The summed E-state index contributed by atoms with van der Waals surface area (Å²) in [6, 6.07) is -0.505. The lowest BCUT2D eigenvalue weighted by atomic mass is 10.2. The van der Waals surface area contributed by atoms with Gasteiger partial charge in [-0.3, -0.25) is 9.59 Å². The van der Waals surface area contributed by atoms with Crippen LogP contribution >= 0.6 is 0 Å². The molecule has 0 fully saturated rings. The summed E-state index contributed by atoms with van der Waals surface area (Å²) in [6.45, 7) is 1.97. The minimum atomic E-state index is -0.505. The summed E-state index contributed by atoms with van der Waals surface area (Å²) in [6.07, 6.45) is 1.50. The van der Waals surface area contributed by atoms with Crippen LogP contribution in [0.3, 0.4) is 0 Å². The van der Waals surface area contributed by atoms with E-state index >= 15 is 0 Å². The fourth-order valence-corrected chi connectivity index (χ4v) is 0.894. The quantitative estimate of drug-likeness (QED) is 0.618. The normalized spacial score (nSPS) is 12.0. The molecule has 0 saturated heterocycles. The minimum absolute atomic E-state index is 0.0171. The molecule has 0 aliphatic heterocycles. The van der Waals surface area contributed by atoms with Gasteiger partial charge in [-0.05, 0) is 6.42 Å². The number of hydrogen-bond acceptors (Lipinski definition) is 3. The van der Waals surface area contributed by atoms with Crippen LogP contribution in [0, 0.1) is 0 Å². The van der Waals surface area contributed by atoms with Crippen molar-refractivity contribution in [3.8, 4) is 0 Å². The first-order valence-corrected chi connectivity index (χ1v) is 4.72. The third-order valence-corrected chi connectivity index (χ3v) is 1.85. The van der Waals surface area contributed by atoms with Crippen LogP contribution in [0.4, 0.5) is 0 Å². The smallest absolute Gasteiger partial charge is 0.241 e. The zero-order valence-corrected chi connectivity index (χ0v) is 9.04. The van der Waals surface area contributed by atoms with E-state index in [0.29, 0.717) is 6.42 Å². The van der Waals surface area contributed by atoms with E-state index in [0.717, 1.165) is 6.42 Å². The summed E-state index contributed by atoms with van der Waals surface area (Å²) >= 11 is 0. The number of nitrogens with two attached hydrogens (primary N) is 1. The summed E-state index contributed by atoms with van der Waals surface area (Å²) in [4.78, 5) is 23.8.